The molecule has 21 heavy (non-hydrogen) atoms. The number of ketones is 1. The summed E-state index contributed by atoms with van der Waals surface area (Å²) in [6, 6.07) is 14.2. The Morgan fingerprint density at radius 3 is 2.57 bits per heavy atom. The van der Waals surface area contributed by atoms with E-state index in [4.69, 9.17) is 11.6 Å². The van der Waals surface area contributed by atoms with Crippen LogP contribution in [0, 0.1) is 12.8 Å². The highest BCUT2D eigenvalue weighted by Crippen LogP contribution is 2.38. The SMILES string of the molecule is CC(=O)[C@H]1Cc2cc(Cl)ccc2N[C@H]1c1ccc(C)cc1. The molecule has 108 valence electrons. The van der Waals surface area contributed by atoms with E-state index in [1.165, 1.54) is 5.56 Å². The van der Waals surface area contributed by atoms with Gasteiger partial charge in [0.1, 0.15) is 5.78 Å². The van der Waals surface area contributed by atoms with Gasteiger partial charge in [-0.2, -0.15) is 0 Å². The Balaban J connectivity index is 2.00. The van der Waals surface area contributed by atoms with Crippen LogP contribution in [-0.4, -0.2) is 5.78 Å². The van der Waals surface area contributed by atoms with Crippen molar-refractivity contribution in [2.45, 2.75) is 26.3 Å². The first-order chi connectivity index (χ1) is 10.0. The monoisotopic (exact) mass is 299 g/mol. The number of hydrogen-bond donors (Lipinski definition) is 1. The summed E-state index contributed by atoms with van der Waals surface area (Å²) in [6.07, 6.45) is 0.733. The molecule has 2 atom stereocenters. The number of carbonyl (C=O) groups is 1. The van der Waals surface area contributed by atoms with Gasteiger partial charge in [0.2, 0.25) is 0 Å². The minimum absolute atomic E-state index is 0.0248. The normalized spacial score (nSPS) is 20.5. The van der Waals surface area contributed by atoms with Gasteiger partial charge in [-0.25, -0.2) is 0 Å². The third-order valence-electron chi connectivity index (χ3n) is 4.18. The van der Waals surface area contributed by atoms with E-state index in [0.29, 0.717) is 5.02 Å². The summed E-state index contributed by atoms with van der Waals surface area (Å²) in [5.41, 5.74) is 4.57. The fourth-order valence-electron chi connectivity index (χ4n) is 2.96. The van der Waals surface area contributed by atoms with Gasteiger partial charge in [0, 0.05) is 16.6 Å². The zero-order valence-electron chi connectivity index (χ0n) is 12.2. The van der Waals surface area contributed by atoms with Crippen LogP contribution in [-0.2, 0) is 11.2 Å². The van der Waals surface area contributed by atoms with Crippen molar-refractivity contribution in [1.82, 2.24) is 0 Å². The van der Waals surface area contributed by atoms with Crippen molar-refractivity contribution >= 4 is 23.1 Å². The molecule has 0 aliphatic carbocycles. The molecule has 0 aromatic heterocycles. The molecule has 0 bridgehead atoms. The maximum Gasteiger partial charge on any atom is 0.135 e. The number of Topliss-reactive ketones (excluding diaryl/α,β-unsaturated/α-hetero) is 1. The van der Waals surface area contributed by atoms with Crippen LogP contribution in [0.3, 0.4) is 0 Å². The van der Waals surface area contributed by atoms with Gasteiger partial charge < -0.3 is 5.32 Å². The zero-order valence-corrected chi connectivity index (χ0v) is 12.9. The van der Waals surface area contributed by atoms with Gasteiger partial charge in [0.05, 0.1) is 6.04 Å². The second-order valence-electron chi connectivity index (χ2n) is 5.76. The Hall–Kier alpha value is -1.80. The Kier molecular flexibility index (Phi) is 3.73. The molecule has 2 aromatic carbocycles. The molecule has 3 heteroatoms. The van der Waals surface area contributed by atoms with Crippen molar-refractivity contribution in [2.24, 2.45) is 5.92 Å². The van der Waals surface area contributed by atoms with Gasteiger partial charge in [0.25, 0.3) is 0 Å². The van der Waals surface area contributed by atoms with E-state index < -0.39 is 0 Å². The second-order valence-corrected chi connectivity index (χ2v) is 6.19. The van der Waals surface area contributed by atoms with Gasteiger partial charge in [0.15, 0.2) is 0 Å². The number of anilines is 1. The van der Waals surface area contributed by atoms with Crippen LogP contribution in [0.25, 0.3) is 0 Å². The Bertz CT molecular complexity index is 678. The molecule has 0 amide bonds. The van der Waals surface area contributed by atoms with Crippen LogP contribution in [0.2, 0.25) is 5.02 Å². The maximum absolute atomic E-state index is 12.1. The Morgan fingerprint density at radius 1 is 1.19 bits per heavy atom. The van der Waals surface area contributed by atoms with Crippen LogP contribution < -0.4 is 5.32 Å². The van der Waals surface area contributed by atoms with E-state index in [2.05, 4.69) is 36.5 Å². The predicted molar refractivity (Wildman–Crippen MR) is 86.9 cm³/mol. The van der Waals surface area contributed by atoms with Gasteiger partial charge in [-0.05, 0) is 49.6 Å². The first-order valence-electron chi connectivity index (χ1n) is 7.16. The minimum atomic E-state index is -0.0568. The number of fused-ring (bicyclic) bond motifs is 1. The standard InChI is InChI=1S/C18H18ClNO/c1-11-3-5-13(6-4-11)18-16(12(2)21)10-14-9-15(19)7-8-17(14)20-18/h3-9,16,18,20H,10H2,1-2H3/t16-,18+/m1/s1. The minimum Gasteiger partial charge on any atom is -0.377 e. The molecule has 2 nitrogen and oxygen atoms in total. The van der Waals surface area contributed by atoms with E-state index >= 15 is 0 Å². The Morgan fingerprint density at radius 2 is 1.90 bits per heavy atom. The summed E-state index contributed by atoms with van der Waals surface area (Å²) < 4.78 is 0. The average molecular weight is 300 g/mol. The van der Waals surface area contributed by atoms with Crippen LogP contribution in [0.1, 0.15) is 29.7 Å². The lowest BCUT2D eigenvalue weighted by molar-refractivity contribution is -0.121. The van der Waals surface area contributed by atoms with Crippen molar-refractivity contribution in [3.63, 3.8) is 0 Å². The number of hydrogen-bond acceptors (Lipinski definition) is 2. The molecule has 3 rings (SSSR count). The van der Waals surface area contributed by atoms with Crippen molar-refractivity contribution < 1.29 is 4.79 Å². The van der Waals surface area contributed by atoms with Crippen molar-refractivity contribution in [3.8, 4) is 0 Å². The molecular weight excluding hydrogens is 282 g/mol. The number of aryl methyl sites for hydroxylation is 1. The summed E-state index contributed by atoms with van der Waals surface area (Å²) in [4.78, 5) is 12.1. The molecule has 0 saturated carbocycles. The fourth-order valence-corrected chi connectivity index (χ4v) is 3.16. The van der Waals surface area contributed by atoms with E-state index in [-0.39, 0.29) is 17.7 Å². The van der Waals surface area contributed by atoms with Crippen LogP contribution >= 0.6 is 11.6 Å². The molecule has 0 fully saturated rings. The average Bonchev–Trinajstić information content (AvgIpc) is 2.46. The maximum atomic E-state index is 12.1. The summed E-state index contributed by atoms with van der Waals surface area (Å²) in [5, 5.41) is 4.23. The molecule has 0 radical (unpaired) electrons. The van der Waals surface area contributed by atoms with Gasteiger partial charge in [-0.1, -0.05) is 41.4 Å². The smallest absolute Gasteiger partial charge is 0.135 e. The first kappa shape index (κ1) is 14.2. The fraction of sp³-hybridized carbons (Fsp3) is 0.278. The third-order valence-corrected chi connectivity index (χ3v) is 4.41. The van der Waals surface area contributed by atoms with E-state index in [1.54, 1.807) is 6.92 Å². The van der Waals surface area contributed by atoms with Gasteiger partial charge in [-0.3, -0.25) is 4.79 Å². The number of benzene rings is 2. The summed E-state index contributed by atoms with van der Waals surface area (Å²) >= 11 is 6.06. The second kappa shape index (κ2) is 5.53. The predicted octanol–water partition coefficient (Wildman–Crippen LogP) is 4.56. The van der Waals surface area contributed by atoms with E-state index in [9.17, 15) is 4.79 Å². The molecule has 1 N–H and O–H groups in total. The summed E-state index contributed by atoms with van der Waals surface area (Å²) in [7, 11) is 0. The quantitative estimate of drug-likeness (QED) is 0.880. The molecule has 0 saturated heterocycles. The van der Waals surface area contributed by atoms with Crippen molar-refractivity contribution in [2.75, 3.05) is 5.32 Å². The Labute approximate surface area is 130 Å². The highest BCUT2D eigenvalue weighted by Gasteiger charge is 2.32. The molecular formula is C18H18ClNO. The highest BCUT2D eigenvalue weighted by atomic mass is 35.5. The van der Waals surface area contributed by atoms with Crippen LogP contribution in [0.15, 0.2) is 42.5 Å². The van der Waals surface area contributed by atoms with E-state index in [0.717, 1.165) is 23.2 Å². The summed E-state index contributed by atoms with van der Waals surface area (Å²) in [5.74, 6) is 0.150. The van der Waals surface area contributed by atoms with E-state index in [1.807, 2.05) is 18.2 Å². The third kappa shape index (κ3) is 2.81. The summed E-state index contributed by atoms with van der Waals surface area (Å²) in [6.45, 7) is 3.74. The van der Waals surface area contributed by atoms with Crippen LogP contribution in [0.4, 0.5) is 5.69 Å². The lowest BCUT2D eigenvalue weighted by Gasteiger charge is -2.34. The molecule has 1 aliphatic heterocycles. The number of carbonyl (C=O) groups excluding carboxylic acids is 1. The molecule has 1 heterocycles. The molecule has 1 aliphatic rings. The molecule has 2 aromatic rings. The zero-order chi connectivity index (χ0) is 15.0. The van der Waals surface area contributed by atoms with Crippen LogP contribution in [0.5, 0.6) is 0 Å². The first-order valence-corrected chi connectivity index (χ1v) is 7.54. The molecule has 0 spiro atoms. The lowest BCUT2D eigenvalue weighted by atomic mass is 9.81. The topological polar surface area (TPSA) is 29.1 Å². The van der Waals surface area contributed by atoms with Gasteiger partial charge in [-0.15, -0.1) is 0 Å². The number of halogens is 1. The van der Waals surface area contributed by atoms with Gasteiger partial charge >= 0.3 is 0 Å². The van der Waals surface area contributed by atoms with Crippen molar-refractivity contribution in [3.05, 3.63) is 64.2 Å². The number of nitrogens with one attached hydrogen (secondary N) is 1. The molecule has 0 unspecified atom stereocenters. The van der Waals surface area contributed by atoms with Crippen molar-refractivity contribution in [1.29, 1.82) is 0 Å². The largest absolute Gasteiger partial charge is 0.377 e. The lowest BCUT2D eigenvalue weighted by Crippen LogP contribution is -2.32. The highest BCUT2D eigenvalue weighted by molar-refractivity contribution is 6.30. The number of rotatable bonds is 2.